The van der Waals surface area contributed by atoms with Gasteiger partial charge in [-0.2, -0.15) is 0 Å². The van der Waals surface area contributed by atoms with Gasteiger partial charge in [0.1, 0.15) is 9.84 Å². The van der Waals surface area contributed by atoms with Crippen LogP contribution >= 0.6 is 0 Å². The first-order valence-electron chi connectivity index (χ1n) is 5.36. The largest absolute Gasteiger partial charge is 0.374 e. The molecule has 5 heteroatoms. The minimum atomic E-state index is -2.89. The molecule has 0 amide bonds. The van der Waals surface area contributed by atoms with Crippen molar-refractivity contribution in [3.63, 3.8) is 0 Å². The highest BCUT2D eigenvalue weighted by Gasteiger charge is 2.29. The molecule has 0 aromatic heterocycles. The molecule has 0 bridgehead atoms. The van der Waals surface area contributed by atoms with Gasteiger partial charge in [-0.1, -0.05) is 0 Å². The van der Waals surface area contributed by atoms with Gasteiger partial charge in [0.2, 0.25) is 0 Å². The van der Waals surface area contributed by atoms with Crippen LogP contribution < -0.4 is 5.32 Å². The SMILES string of the molecule is CC(CS(C)(=O)=O)NCC1(C)CCCO1. The molecule has 90 valence electrons. The van der Waals surface area contributed by atoms with Crippen LogP contribution in [-0.4, -0.2) is 45.2 Å². The summed E-state index contributed by atoms with van der Waals surface area (Å²) in [6.45, 7) is 5.50. The van der Waals surface area contributed by atoms with Gasteiger partial charge in [0, 0.05) is 25.4 Å². The van der Waals surface area contributed by atoms with E-state index in [9.17, 15) is 8.42 Å². The molecule has 4 nitrogen and oxygen atoms in total. The van der Waals surface area contributed by atoms with E-state index in [4.69, 9.17) is 4.74 Å². The maximum absolute atomic E-state index is 11.0. The smallest absolute Gasteiger partial charge is 0.148 e. The predicted octanol–water partition coefficient (Wildman–Crippen LogP) is 0.578. The number of hydrogen-bond donors (Lipinski definition) is 1. The van der Waals surface area contributed by atoms with Crippen LogP contribution in [-0.2, 0) is 14.6 Å². The molecule has 1 fully saturated rings. The van der Waals surface area contributed by atoms with Crippen molar-refractivity contribution >= 4 is 9.84 Å². The van der Waals surface area contributed by atoms with Crippen molar-refractivity contribution in [3.8, 4) is 0 Å². The quantitative estimate of drug-likeness (QED) is 0.757. The molecule has 0 spiro atoms. The Morgan fingerprint density at radius 2 is 2.20 bits per heavy atom. The van der Waals surface area contributed by atoms with Crippen molar-refractivity contribution in [2.75, 3.05) is 25.2 Å². The summed E-state index contributed by atoms with van der Waals surface area (Å²) < 4.78 is 27.7. The Morgan fingerprint density at radius 3 is 2.67 bits per heavy atom. The number of rotatable bonds is 5. The van der Waals surface area contributed by atoms with Gasteiger partial charge >= 0.3 is 0 Å². The van der Waals surface area contributed by atoms with Crippen LogP contribution in [0.25, 0.3) is 0 Å². The summed E-state index contributed by atoms with van der Waals surface area (Å²) in [7, 11) is -2.89. The Kier molecular flexibility index (Phi) is 4.14. The summed E-state index contributed by atoms with van der Waals surface area (Å²) in [6.07, 6.45) is 3.41. The molecule has 1 heterocycles. The van der Waals surface area contributed by atoms with Crippen LogP contribution in [0.2, 0.25) is 0 Å². The Balaban J connectivity index is 2.30. The minimum Gasteiger partial charge on any atom is -0.374 e. The molecular weight excluding hydrogens is 214 g/mol. The van der Waals surface area contributed by atoms with Gasteiger partial charge < -0.3 is 10.1 Å². The lowest BCUT2D eigenvalue weighted by Gasteiger charge is -2.25. The first-order valence-corrected chi connectivity index (χ1v) is 7.42. The van der Waals surface area contributed by atoms with E-state index in [2.05, 4.69) is 12.2 Å². The molecule has 0 saturated carbocycles. The molecule has 2 unspecified atom stereocenters. The van der Waals surface area contributed by atoms with Gasteiger partial charge in [-0.25, -0.2) is 8.42 Å². The Labute approximate surface area is 92.3 Å². The van der Waals surface area contributed by atoms with Crippen LogP contribution in [0.3, 0.4) is 0 Å². The lowest BCUT2D eigenvalue weighted by molar-refractivity contribution is 0.0196. The molecule has 0 aromatic rings. The van der Waals surface area contributed by atoms with Crippen molar-refractivity contribution in [1.29, 1.82) is 0 Å². The van der Waals surface area contributed by atoms with Crippen molar-refractivity contribution in [3.05, 3.63) is 0 Å². The number of nitrogens with one attached hydrogen (secondary N) is 1. The monoisotopic (exact) mass is 235 g/mol. The molecule has 1 aliphatic rings. The fourth-order valence-electron chi connectivity index (χ4n) is 1.88. The molecule has 0 aromatic carbocycles. The average Bonchev–Trinajstić information content (AvgIpc) is 2.47. The Hall–Kier alpha value is -0.130. The van der Waals surface area contributed by atoms with Crippen LogP contribution in [0.4, 0.5) is 0 Å². The number of hydrogen-bond acceptors (Lipinski definition) is 4. The van der Waals surface area contributed by atoms with Crippen LogP contribution in [0.1, 0.15) is 26.7 Å². The first kappa shape index (κ1) is 12.9. The van der Waals surface area contributed by atoms with Crippen molar-refractivity contribution in [2.24, 2.45) is 0 Å². The summed E-state index contributed by atoms with van der Waals surface area (Å²) in [5.41, 5.74) is -0.105. The molecule has 1 saturated heterocycles. The zero-order valence-electron chi connectivity index (χ0n) is 9.75. The van der Waals surface area contributed by atoms with Crippen LogP contribution in [0.5, 0.6) is 0 Å². The molecule has 15 heavy (non-hydrogen) atoms. The van der Waals surface area contributed by atoms with Gasteiger partial charge in [0.25, 0.3) is 0 Å². The maximum atomic E-state index is 11.0. The fourth-order valence-corrected chi connectivity index (χ4v) is 2.91. The van der Waals surface area contributed by atoms with Gasteiger partial charge in [0.05, 0.1) is 11.4 Å². The van der Waals surface area contributed by atoms with E-state index in [1.54, 1.807) is 0 Å². The Morgan fingerprint density at radius 1 is 1.53 bits per heavy atom. The second-order valence-corrected chi connectivity index (χ2v) is 6.96. The van der Waals surface area contributed by atoms with E-state index in [1.165, 1.54) is 6.26 Å². The summed E-state index contributed by atoms with van der Waals surface area (Å²) in [5.74, 6) is 0.184. The third kappa shape index (κ3) is 4.95. The average molecular weight is 235 g/mol. The maximum Gasteiger partial charge on any atom is 0.148 e. The van der Waals surface area contributed by atoms with E-state index in [0.29, 0.717) is 0 Å². The van der Waals surface area contributed by atoms with Gasteiger partial charge in [0.15, 0.2) is 0 Å². The third-order valence-corrected chi connectivity index (χ3v) is 3.78. The summed E-state index contributed by atoms with van der Waals surface area (Å²) >= 11 is 0. The van der Waals surface area contributed by atoms with E-state index in [1.807, 2.05) is 6.92 Å². The number of sulfone groups is 1. The van der Waals surface area contributed by atoms with Crippen molar-refractivity contribution in [2.45, 2.75) is 38.3 Å². The highest BCUT2D eigenvalue weighted by atomic mass is 32.2. The normalized spacial score (nSPS) is 29.3. The van der Waals surface area contributed by atoms with Gasteiger partial charge in [-0.05, 0) is 26.7 Å². The highest BCUT2D eigenvalue weighted by Crippen LogP contribution is 2.23. The summed E-state index contributed by atoms with van der Waals surface area (Å²) in [6, 6.07) is -0.0129. The summed E-state index contributed by atoms with van der Waals surface area (Å²) in [5, 5.41) is 3.22. The molecule has 1 N–H and O–H groups in total. The van der Waals surface area contributed by atoms with Crippen LogP contribution in [0, 0.1) is 0 Å². The fraction of sp³-hybridized carbons (Fsp3) is 1.00. The molecule has 0 aliphatic carbocycles. The summed E-state index contributed by atoms with van der Waals surface area (Å²) in [4.78, 5) is 0. The predicted molar refractivity (Wildman–Crippen MR) is 60.8 cm³/mol. The number of ether oxygens (including phenoxy) is 1. The zero-order valence-corrected chi connectivity index (χ0v) is 10.6. The Bertz CT molecular complexity index is 294. The van der Waals surface area contributed by atoms with Crippen LogP contribution in [0.15, 0.2) is 0 Å². The zero-order chi connectivity index (χ0) is 11.5. The second kappa shape index (κ2) is 4.80. The lowest BCUT2D eigenvalue weighted by Crippen LogP contribution is -2.43. The molecule has 0 radical (unpaired) electrons. The highest BCUT2D eigenvalue weighted by molar-refractivity contribution is 7.90. The molecule has 1 aliphatic heterocycles. The second-order valence-electron chi connectivity index (χ2n) is 4.78. The first-order chi connectivity index (χ1) is 6.81. The minimum absolute atomic E-state index is 0.0129. The standard InChI is InChI=1S/C10H21NO3S/c1-9(7-15(3,12)13)11-8-10(2)5-4-6-14-10/h9,11H,4-8H2,1-3H3. The van der Waals surface area contributed by atoms with E-state index in [-0.39, 0.29) is 17.4 Å². The topological polar surface area (TPSA) is 55.4 Å². The van der Waals surface area contributed by atoms with Crippen molar-refractivity contribution < 1.29 is 13.2 Å². The molecular formula is C10H21NO3S. The molecule has 1 rings (SSSR count). The lowest BCUT2D eigenvalue weighted by atomic mass is 10.0. The van der Waals surface area contributed by atoms with E-state index >= 15 is 0 Å². The van der Waals surface area contributed by atoms with Crippen molar-refractivity contribution in [1.82, 2.24) is 5.32 Å². The van der Waals surface area contributed by atoms with E-state index < -0.39 is 9.84 Å². The van der Waals surface area contributed by atoms with E-state index in [0.717, 1.165) is 26.0 Å². The van der Waals surface area contributed by atoms with Gasteiger partial charge in [-0.3, -0.25) is 0 Å². The molecule has 2 atom stereocenters. The van der Waals surface area contributed by atoms with Gasteiger partial charge in [-0.15, -0.1) is 0 Å². The third-order valence-electron chi connectivity index (χ3n) is 2.68.